The Labute approximate surface area is 191 Å². The molecular formula is C25H23ClN2O2S. The van der Waals surface area contributed by atoms with E-state index in [9.17, 15) is 9.59 Å². The Balaban J connectivity index is 1.48. The third-order valence-electron chi connectivity index (χ3n) is 5.33. The van der Waals surface area contributed by atoms with Gasteiger partial charge < -0.3 is 10.2 Å². The van der Waals surface area contributed by atoms with Gasteiger partial charge in [-0.3, -0.25) is 9.59 Å². The molecule has 0 radical (unpaired) electrons. The van der Waals surface area contributed by atoms with Gasteiger partial charge in [0.1, 0.15) is 5.37 Å². The molecule has 0 aromatic heterocycles. The van der Waals surface area contributed by atoms with Gasteiger partial charge in [0.05, 0.1) is 5.75 Å². The van der Waals surface area contributed by atoms with Crippen molar-refractivity contribution in [2.75, 3.05) is 11.1 Å². The van der Waals surface area contributed by atoms with Gasteiger partial charge in [0.25, 0.3) is 5.91 Å². The molecule has 0 unspecified atom stereocenters. The fourth-order valence-electron chi connectivity index (χ4n) is 3.55. The number of amides is 2. The van der Waals surface area contributed by atoms with Gasteiger partial charge in [-0.15, -0.1) is 11.8 Å². The van der Waals surface area contributed by atoms with E-state index >= 15 is 0 Å². The van der Waals surface area contributed by atoms with Crippen LogP contribution in [0.1, 0.15) is 38.0 Å². The highest BCUT2D eigenvalue weighted by molar-refractivity contribution is 8.00. The lowest BCUT2D eigenvalue weighted by Gasteiger charge is -2.24. The summed E-state index contributed by atoms with van der Waals surface area (Å²) in [6.45, 7) is 4.50. The molecule has 1 fully saturated rings. The quantitative estimate of drug-likeness (QED) is 0.519. The minimum Gasteiger partial charge on any atom is -0.322 e. The summed E-state index contributed by atoms with van der Waals surface area (Å²) in [5.74, 6) is 0.419. The maximum atomic E-state index is 12.7. The van der Waals surface area contributed by atoms with E-state index in [0.717, 1.165) is 27.9 Å². The molecule has 1 saturated heterocycles. The smallest absolute Gasteiger partial charge is 0.255 e. The van der Waals surface area contributed by atoms with E-state index in [2.05, 4.69) is 5.32 Å². The fraction of sp³-hybridized carbons (Fsp3) is 0.200. The summed E-state index contributed by atoms with van der Waals surface area (Å²) in [4.78, 5) is 27.1. The van der Waals surface area contributed by atoms with Crippen LogP contribution in [0.3, 0.4) is 0 Å². The van der Waals surface area contributed by atoms with Gasteiger partial charge in [0.2, 0.25) is 5.91 Å². The molecular weight excluding hydrogens is 428 g/mol. The molecule has 0 bridgehead atoms. The van der Waals surface area contributed by atoms with Crippen LogP contribution in [0.5, 0.6) is 0 Å². The van der Waals surface area contributed by atoms with Crippen LogP contribution in [0, 0.1) is 13.8 Å². The highest BCUT2D eigenvalue weighted by Gasteiger charge is 2.32. The average Bonchev–Trinajstić information content (AvgIpc) is 3.12. The van der Waals surface area contributed by atoms with Crippen molar-refractivity contribution in [3.05, 3.63) is 99.6 Å². The summed E-state index contributed by atoms with van der Waals surface area (Å²) in [6.07, 6.45) is 0. The van der Waals surface area contributed by atoms with Gasteiger partial charge in [-0.2, -0.15) is 0 Å². The molecule has 0 aliphatic carbocycles. The second-order valence-electron chi connectivity index (χ2n) is 7.71. The van der Waals surface area contributed by atoms with Crippen molar-refractivity contribution in [2.45, 2.75) is 25.8 Å². The van der Waals surface area contributed by atoms with Crippen LogP contribution >= 0.6 is 23.4 Å². The lowest BCUT2D eigenvalue weighted by molar-refractivity contribution is -0.128. The second-order valence-corrected chi connectivity index (χ2v) is 9.21. The number of halogens is 1. The number of benzene rings is 3. The lowest BCUT2D eigenvalue weighted by atomic mass is 10.1. The number of thioether (sulfide) groups is 1. The summed E-state index contributed by atoms with van der Waals surface area (Å²) in [5.41, 5.74) is 5.57. The van der Waals surface area contributed by atoms with Crippen molar-refractivity contribution in [1.29, 1.82) is 0 Å². The second kappa shape index (κ2) is 9.16. The predicted octanol–water partition coefficient (Wildman–Crippen LogP) is 5.98. The van der Waals surface area contributed by atoms with Crippen molar-refractivity contribution in [3.8, 4) is 0 Å². The monoisotopic (exact) mass is 450 g/mol. The molecule has 1 aliphatic heterocycles. The van der Waals surface area contributed by atoms with E-state index in [0.29, 0.717) is 22.9 Å². The normalized spacial score (nSPS) is 15.9. The van der Waals surface area contributed by atoms with Crippen molar-refractivity contribution in [3.63, 3.8) is 0 Å². The molecule has 1 N–H and O–H groups in total. The summed E-state index contributed by atoms with van der Waals surface area (Å²) < 4.78 is 0. The zero-order valence-electron chi connectivity index (χ0n) is 17.4. The highest BCUT2D eigenvalue weighted by atomic mass is 35.5. The molecule has 1 heterocycles. The van der Waals surface area contributed by atoms with E-state index < -0.39 is 0 Å². The standard InChI is InChI=1S/C25H23ClN2O2S/c1-16-3-4-17(2)22(13-16)27-24(30)19-7-9-20(10-8-19)25-28(23(29)15-31-25)14-18-5-11-21(26)12-6-18/h3-13,25H,14-15H2,1-2H3,(H,27,30)/t25-/m1/s1. The van der Waals surface area contributed by atoms with Crippen molar-refractivity contribution >= 4 is 40.9 Å². The molecule has 1 atom stereocenters. The summed E-state index contributed by atoms with van der Waals surface area (Å²) >= 11 is 7.58. The Hall–Kier alpha value is -2.76. The van der Waals surface area contributed by atoms with Gasteiger partial charge in [0, 0.05) is 22.8 Å². The Bertz CT molecular complexity index is 1110. The summed E-state index contributed by atoms with van der Waals surface area (Å²) in [5, 5.41) is 3.60. The molecule has 4 rings (SSSR count). The number of aryl methyl sites for hydroxylation is 2. The predicted molar refractivity (Wildman–Crippen MR) is 128 cm³/mol. The molecule has 158 valence electrons. The Kier molecular flexibility index (Phi) is 6.35. The Morgan fingerprint density at radius 3 is 2.48 bits per heavy atom. The van der Waals surface area contributed by atoms with E-state index in [1.807, 2.05) is 85.5 Å². The molecule has 0 saturated carbocycles. The Morgan fingerprint density at radius 1 is 1.06 bits per heavy atom. The molecule has 31 heavy (non-hydrogen) atoms. The average molecular weight is 451 g/mol. The van der Waals surface area contributed by atoms with Crippen LogP contribution in [0.15, 0.2) is 66.7 Å². The van der Waals surface area contributed by atoms with E-state index in [1.165, 1.54) is 0 Å². The van der Waals surface area contributed by atoms with Crippen molar-refractivity contribution < 1.29 is 9.59 Å². The molecule has 3 aromatic rings. The molecule has 2 amide bonds. The van der Waals surface area contributed by atoms with Gasteiger partial charge in [-0.1, -0.05) is 48.0 Å². The first-order valence-corrected chi connectivity index (χ1v) is 11.5. The van der Waals surface area contributed by atoms with Gasteiger partial charge >= 0.3 is 0 Å². The number of carbonyl (C=O) groups excluding carboxylic acids is 2. The number of carbonyl (C=O) groups is 2. The highest BCUT2D eigenvalue weighted by Crippen LogP contribution is 2.39. The summed E-state index contributed by atoms with van der Waals surface area (Å²) in [7, 11) is 0. The van der Waals surface area contributed by atoms with Crippen LogP contribution in [0.4, 0.5) is 5.69 Å². The molecule has 1 aliphatic rings. The zero-order valence-corrected chi connectivity index (χ0v) is 19.0. The Morgan fingerprint density at radius 2 is 1.77 bits per heavy atom. The maximum Gasteiger partial charge on any atom is 0.255 e. The number of hydrogen-bond acceptors (Lipinski definition) is 3. The molecule has 0 spiro atoms. The van der Waals surface area contributed by atoms with Crippen molar-refractivity contribution in [1.82, 2.24) is 4.90 Å². The van der Waals surface area contributed by atoms with Crippen LogP contribution < -0.4 is 5.32 Å². The number of rotatable bonds is 5. The first-order chi connectivity index (χ1) is 14.9. The SMILES string of the molecule is Cc1ccc(C)c(NC(=O)c2ccc([C@H]3SCC(=O)N3Cc3ccc(Cl)cc3)cc2)c1. The molecule has 3 aromatic carbocycles. The van der Waals surface area contributed by atoms with Crippen LogP contribution in [-0.2, 0) is 11.3 Å². The number of hydrogen-bond donors (Lipinski definition) is 1. The lowest BCUT2D eigenvalue weighted by Crippen LogP contribution is -2.27. The minimum absolute atomic E-state index is 0.0701. The van der Waals surface area contributed by atoms with E-state index in [1.54, 1.807) is 11.8 Å². The molecule has 6 heteroatoms. The summed E-state index contributed by atoms with van der Waals surface area (Å²) in [6, 6.07) is 21.1. The number of anilines is 1. The van der Waals surface area contributed by atoms with Gasteiger partial charge in [0.15, 0.2) is 0 Å². The minimum atomic E-state index is -0.145. The van der Waals surface area contributed by atoms with Gasteiger partial charge in [-0.05, 0) is 66.4 Å². The van der Waals surface area contributed by atoms with Gasteiger partial charge in [-0.25, -0.2) is 0 Å². The first kappa shape index (κ1) is 21.5. The van der Waals surface area contributed by atoms with Crippen LogP contribution in [0.25, 0.3) is 0 Å². The van der Waals surface area contributed by atoms with E-state index in [-0.39, 0.29) is 17.2 Å². The largest absolute Gasteiger partial charge is 0.322 e. The third-order valence-corrected chi connectivity index (χ3v) is 6.84. The van der Waals surface area contributed by atoms with Crippen molar-refractivity contribution in [2.24, 2.45) is 0 Å². The fourth-order valence-corrected chi connectivity index (χ4v) is 4.87. The molecule has 4 nitrogen and oxygen atoms in total. The number of nitrogens with zero attached hydrogens (tertiary/aromatic N) is 1. The van der Waals surface area contributed by atoms with Crippen LogP contribution in [-0.4, -0.2) is 22.5 Å². The van der Waals surface area contributed by atoms with E-state index in [4.69, 9.17) is 11.6 Å². The number of nitrogens with one attached hydrogen (secondary N) is 1. The van der Waals surface area contributed by atoms with Crippen LogP contribution in [0.2, 0.25) is 5.02 Å². The maximum absolute atomic E-state index is 12.7. The third kappa shape index (κ3) is 4.94. The zero-order chi connectivity index (χ0) is 22.0. The topological polar surface area (TPSA) is 49.4 Å². The first-order valence-electron chi connectivity index (χ1n) is 10.0.